The normalized spacial score (nSPS) is 12.2. The van der Waals surface area contributed by atoms with Gasteiger partial charge in [-0.25, -0.2) is 4.98 Å². The number of aromatic nitrogens is 1. The van der Waals surface area contributed by atoms with Crippen LogP contribution in [0.3, 0.4) is 0 Å². The van der Waals surface area contributed by atoms with Crippen LogP contribution in [0.1, 0.15) is 22.7 Å². The average molecular weight is 256 g/mol. The molecule has 3 heteroatoms. The highest BCUT2D eigenvalue weighted by atomic mass is 16.5. The molecule has 1 aromatic carbocycles. The molecule has 0 fully saturated rings. The van der Waals surface area contributed by atoms with Crippen LogP contribution in [0.25, 0.3) is 0 Å². The fourth-order valence-electron chi connectivity index (χ4n) is 2.16. The van der Waals surface area contributed by atoms with Crippen molar-refractivity contribution >= 4 is 0 Å². The van der Waals surface area contributed by atoms with Gasteiger partial charge in [0.2, 0.25) is 5.88 Å². The molecule has 0 aliphatic carbocycles. The molecule has 2 rings (SSSR count). The van der Waals surface area contributed by atoms with Crippen molar-refractivity contribution in [1.29, 1.82) is 0 Å². The minimum absolute atomic E-state index is 0.301. The van der Waals surface area contributed by atoms with Crippen LogP contribution in [0.15, 0.2) is 42.6 Å². The Morgan fingerprint density at radius 3 is 2.68 bits per heavy atom. The SMILES string of the molecule is CNC(Cc1ccc(OC)nc1)c1cccc(C)c1. The van der Waals surface area contributed by atoms with E-state index in [0.717, 1.165) is 6.42 Å². The van der Waals surface area contributed by atoms with E-state index in [9.17, 15) is 0 Å². The molecule has 0 bridgehead atoms. The molecule has 1 atom stereocenters. The number of rotatable bonds is 5. The van der Waals surface area contributed by atoms with Gasteiger partial charge in [-0.05, 0) is 31.5 Å². The number of aryl methyl sites for hydroxylation is 1. The van der Waals surface area contributed by atoms with Crippen LogP contribution in [0.2, 0.25) is 0 Å². The maximum atomic E-state index is 5.07. The molecule has 1 heterocycles. The van der Waals surface area contributed by atoms with Crippen molar-refractivity contribution in [3.05, 3.63) is 59.3 Å². The summed E-state index contributed by atoms with van der Waals surface area (Å²) in [6.07, 6.45) is 2.79. The number of methoxy groups -OCH3 is 1. The van der Waals surface area contributed by atoms with Crippen molar-refractivity contribution < 1.29 is 4.74 Å². The van der Waals surface area contributed by atoms with E-state index in [1.54, 1.807) is 7.11 Å². The summed E-state index contributed by atoms with van der Waals surface area (Å²) in [5, 5.41) is 3.36. The van der Waals surface area contributed by atoms with Crippen LogP contribution in [0.5, 0.6) is 5.88 Å². The molecule has 19 heavy (non-hydrogen) atoms. The van der Waals surface area contributed by atoms with E-state index < -0.39 is 0 Å². The number of benzene rings is 1. The molecule has 0 saturated heterocycles. The number of hydrogen-bond acceptors (Lipinski definition) is 3. The van der Waals surface area contributed by atoms with Crippen molar-refractivity contribution in [2.45, 2.75) is 19.4 Å². The molecular weight excluding hydrogens is 236 g/mol. The van der Waals surface area contributed by atoms with E-state index in [4.69, 9.17) is 4.74 Å². The Bertz CT molecular complexity index is 523. The summed E-state index contributed by atoms with van der Waals surface area (Å²) in [4.78, 5) is 4.25. The topological polar surface area (TPSA) is 34.1 Å². The van der Waals surface area contributed by atoms with Crippen molar-refractivity contribution in [3.63, 3.8) is 0 Å². The summed E-state index contributed by atoms with van der Waals surface area (Å²) >= 11 is 0. The van der Waals surface area contributed by atoms with Crippen molar-refractivity contribution in [1.82, 2.24) is 10.3 Å². The lowest BCUT2D eigenvalue weighted by Crippen LogP contribution is -2.19. The molecular formula is C16H20N2O. The van der Waals surface area contributed by atoms with Crippen molar-refractivity contribution in [2.24, 2.45) is 0 Å². The number of nitrogens with one attached hydrogen (secondary N) is 1. The van der Waals surface area contributed by atoms with E-state index >= 15 is 0 Å². The minimum atomic E-state index is 0.301. The van der Waals surface area contributed by atoms with Crippen LogP contribution >= 0.6 is 0 Å². The van der Waals surface area contributed by atoms with E-state index in [1.165, 1.54) is 16.7 Å². The largest absolute Gasteiger partial charge is 0.481 e. The maximum absolute atomic E-state index is 5.07. The summed E-state index contributed by atoms with van der Waals surface area (Å²) in [5.41, 5.74) is 3.78. The number of hydrogen-bond donors (Lipinski definition) is 1. The summed E-state index contributed by atoms with van der Waals surface area (Å²) in [7, 11) is 3.62. The van der Waals surface area contributed by atoms with Crippen LogP contribution in [0.4, 0.5) is 0 Å². The van der Waals surface area contributed by atoms with Gasteiger partial charge in [0.25, 0.3) is 0 Å². The van der Waals surface area contributed by atoms with Crippen LogP contribution in [-0.2, 0) is 6.42 Å². The Labute approximate surface area is 114 Å². The molecule has 1 N–H and O–H groups in total. The van der Waals surface area contributed by atoms with Crippen LogP contribution < -0.4 is 10.1 Å². The van der Waals surface area contributed by atoms with E-state index in [1.807, 2.05) is 19.3 Å². The fraction of sp³-hybridized carbons (Fsp3) is 0.312. The molecule has 0 spiro atoms. The predicted molar refractivity (Wildman–Crippen MR) is 77.5 cm³/mol. The Kier molecular flexibility index (Phi) is 4.53. The van der Waals surface area contributed by atoms with Gasteiger partial charge in [-0.15, -0.1) is 0 Å². The lowest BCUT2D eigenvalue weighted by Gasteiger charge is -2.17. The quantitative estimate of drug-likeness (QED) is 0.893. The van der Waals surface area contributed by atoms with Crippen LogP contribution in [-0.4, -0.2) is 19.1 Å². The Morgan fingerprint density at radius 1 is 1.26 bits per heavy atom. The summed E-state index contributed by atoms with van der Waals surface area (Å²) in [6, 6.07) is 12.9. The first kappa shape index (κ1) is 13.6. The van der Waals surface area contributed by atoms with Gasteiger partial charge < -0.3 is 10.1 Å². The zero-order valence-corrected chi connectivity index (χ0v) is 11.7. The van der Waals surface area contributed by atoms with Gasteiger partial charge in [-0.1, -0.05) is 35.9 Å². The van der Waals surface area contributed by atoms with Gasteiger partial charge in [0.1, 0.15) is 0 Å². The second-order valence-corrected chi connectivity index (χ2v) is 4.67. The van der Waals surface area contributed by atoms with Crippen LogP contribution in [0, 0.1) is 6.92 Å². The molecule has 0 aliphatic rings. The first-order chi connectivity index (χ1) is 9.22. The van der Waals surface area contributed by atoms with Gasteiger partial charge in [0.05, 0.1) is 7.11 Å². The third kappa shape index (κ3) is 3.55. The summed E-state index contributed by atoms with van der Waals surface area (Å²) in [5.74, 6) is 0.653. The number of ether oxygens (including phenoxy) is 1. The van der Waals surface area contributed by atoms with Gasteiger partial charge in [-0.2, -0.15) is 0 Å². The third-order valence-corrected chi connectivity index (χ3v) is 3.24. The van der Waals surface area contributed by atoms with Gasteiger partial charge >= 0.3 is 0 Å². The smallest absolute Gasteiger partial charge is 0.212 e. The van der Waals surface area contributed by atoms with Gasteiger partial charge in [-0.3, -0.25) is 0 Å². The number of nitrogens with zero attached hydrogens (tertiary/aromatic N) is 1. The van der Waals surface area contributed by atoms with E-state index in [2.05, 4.69) is 47.6 Å². The lowest BCUT2D eigenvalue weighted by molar-refractivity contribution is 0.397. The number of likely N-dealkylation sites (N-methyl/N-ethyl adjacent to an activating group) is 1. The molecule has 1 aromatic heterocycles. The van der Waals surface area contributed by atoms with E-state index in [0.29, 0.717) is 11.9 Å². The summed E-state index contributed by atoms with van der Waals surface area (Å²) in [6.45, 7) is 2.12. The second-order valence-electron chi connectivity index (χ2n) is 4.67. The summed E-state index contributed by atoms with van der Waals surface area (Å²) < 4.78 is 5.07. The molecule has 1 unspecified atom stereocenters. The monoisotopic (exact) mass is 256 g/mol. The average Bonchev–Trinajstić information content (AvgIpc) is 2.45. The Morgan fingerprint density at radius 2 is 2.11 bits per heavy atom. The second kappa shape index (κ2) is 6.34. The van der Waals surface area contributed by atoms with Crippen molar-refractivity contribution in [3.8, 4) is 5.88 Å². The molecule has 0 aliphatic heterocycles. The lowest BCUT2D eigenvalue weighted by atomic mass is 9.98. The highest BCUT2D eigenvalue weighted by Crippen LogP contribution is 2.19. The molecule has 3 nitrogen and oxygen atoms in total. The fourth-order valence-corrected chi connectivity index (χ4v) is 2.16. The zero-order valence-electron chi connectivity index (χ0n) is 11.7. The highest BCUT2D eigenvalue weighted by Gasteiger charge is 2.10. The molecule has 2 aromatic rings. The number of pyridine rings is 1. The Hall–Kier alpha value is -1.87. The predicted octanol–water partition coefficient (Wildman–Crippen LogP) is 2.90. The highest BCUT2D eigenvalue weighted by molar-refractivity contribution is 5.27. The van der Waals surface area contributed by atoms with Gasteiger partial charge in [0.15, 0.2) is 0 Å². The zero-order chi connectivity index (χ0) is 13.7. The van der Waals surface area contributed by atoms with E-state index in [-0.39, 0.29) is 0 Å². The van der Waals surface area contributed by atoms with Crippen molar-refractivity contribution in [2.75, 3.05) is 14.2 Å². The Balaban J connectivity index is 2.14. The first-order valence-corrected chi connectivity index (χ1v) is 6.45. The molecule has 0 saturated carbocycles. The first-order valence-electron chi connectivity index (χ1n) is 6.45. The minimum Gasteiger partial charge on any atom is -0.481 e. The maximum Gasteiger partial charge on any atom is 0.212 e. The standard InChI is InChI=1S/C16H20N2O/c1-12-5-4-6-14(9-12)15(17-2)10-13-7-8-16(19-3)18-11-13/h4-9,11,15,17H,10H2,1-3H3. The molecule has 0 radical (unpaired) electrons. The molecule has 0 amide bonds. The van der Waals surface area contributed by atoms with Gasteiger partial charge in [0, 0.05) is 18.3 Å². The molecule has 100 valence electrons. The third-order valence-electron chi connectivity index (χ3n) is 3.24.